The van der Waals surface area contributed by atoms with Crippen LogP contribution in [0.4, 0.5) is 0 Å². The van der Waals surface area contributed by atoms with Gasteiger partial charge < -0.3 is 24.3 Å². The van der Waals surface area contributed by atoms with Crippen LogP contribution in [0.3, 0.4) is 0 Å². The minimum absolute atomic E-state index is 0.0443. The lowest BCUT2D eigenvalue weighted by Gasteiger charge is -2.22. The largest absolute Gasteiger partial charge is 0.493 e. The molecule has 1 saturated carbocycles. The molecule has 0 aromatic heterocycles. The van der Waals surface area contributed by atoms with E-state index in [4.69, 9.17) is 18.9 Å². The first kappa shape index (κ1) is 20.8. The van der Waals surface area contributed by atoms with Crippen molar-refractivity contribution < 1.29 is 23.7 Å². The van der Waals surface area contributed by atoms with E-state index in [1.807, 2.05) is 36.4 Å². The minimum atomic E-state index is -0.141. The van der Waals surface area contributed by atoms with Crippen molar-refractivity contribution in [1.82, 2.24) is 5.32 Å². The number of fused-ring (bicyclic) bond motifs is 1. The molecule has 1 atom stereocenters. The number of carbonyl (C=O) groups is 1. The van der Waals surface area contributed by atoms with Gasteiger partial charge in [0.15, 0.2) is 23.0 Å². The summed E-state index contributed by atoms with van der Waals surface area (Å²) in [4.78, 5) is 12.7. The molecule has 1 amide bonds. The fourth-order valence-corrected chi connectivity index (χ4v) is 3.59. The van der Waals surface area contributed by atoms with Gasteiger partial charge in [0.2, 0.25) is 5.91 Å². The molecule has 0 bridgehead atoms. The van der Waals surface area contributed by atoms with Crippen molar-refractivity contribution in [2.24, 2.45) is 5.92 Å². The average Bonchev–Trinajstić information content (AvgIpc) is 3.65. The number of ether oxygens (including phenoxy) is 4. The molecule has 2 aromatic rings. The molecule has 6 heteroatoms. The molecule has 1 N–H and O–H groups in total. The molecule has 1 fully saturated rings. The predicted molar refractivity (Wildman–Crippen MR) is 119 cm³/mol. The van der Waals surface area contributed by atoms with Crippen LogP contribution in [0.25, 0.3) is 6.08 Å². The summed E-state index contributed by atoms with van der Waals surface area (Å²) in [5, 5.41) is 3.15. The molecule has 1 aliphatic carbocycles. The number of benzene rings is 2. The number of carbonyl (C=O) groups excluding carboxylic acids is 1. The van der Waals surface area contributed by atoms with E-state index in [1.165, 1.54) is 0 Å². The van der Waals surface area contributed by atoms with Crippen LogP contribution < -0.4 is 24.3 Å². The zero-order valence-electron chi connectivity index (χ0n) is 17.6. The Labute approximate surface area is 182 Å². The van der Waals surface area contributed by atoms with Crippen LogP contribution in [0.2, 0.25) is 0 Å². The standard InChI is InChI=1S/C25H27NO5/c1-3-12-29-20-9-4-17(15-22(20)28-2)5-11-24(27)26-25(18-6-7-18)19-8-10-21-23(16-19)31-14-13-30-21/h3-5,8-11,15-16,18,25H,1,6-7,12-14H2,2H3,(H,26,27)/b11-5+/t25-/m0/s1. The number of hydrogen-bond acceptors (Lipinski definition) is 5. The fraction of sp³-hybridized carbons (Fsp3) is 0.320. The Hall–Kier alpha value is -3.41. The van der Waals surface area contributed by atoms with Gasteiger partial charge in [0.25, 0.3) is 0 Å². The minimum Gasteiger partial charge on any atom is -0.493 e. The van der Waals surface area contributed by atoms with Gasteiger partial charge in [-0.05, 0) is 60.2 Å². The first-order valence-corrected chi connectivity index (χ1v) is 10.5. The Bertz CT molecular complexity index is 980. The van der Waals surface area contributed by atoms with Crippen LogP contribution in [0.5, 0.6) is 23.0 Å². The maximum Gasteiger partial charge on any atom is 0.244 e. The summed E-state index contributed by atoms with van der Waals surface area (Å²) in [6.45, 7) is 5.15. The lowest BCUT2D eigenvalue weighted by molar-refractivity contribution is -0.117. The maximum atomic E-state index is 12.7. The highest BCUT2D eigenvalue weighted by Gasteiger charge is 2.33. The molecule has 0 spiro atoms. The van der Waals surface area contributed by atoms with Crippen molar-refractivity contribution in [2.75, 3.05) is 26.9 Å². The Morgan fingerprint density at radius 1 is 1.16 bits per heavy atom. The first-order chi connectivity index (χ1) is 15.2. The SMILES string of the molecule is C=CCOc1ccc(/C=C/C(=O)N[C@H](c2ccc3c(c2)OCCO3)C2CC2)cc1OC. The molecular formula is C25H27NO5. The molecule has 162 valence electrons. The Kier molecular flexibility index (Phi) is 6.46. The topological polar surface area (TPSA) is 66.0 Å². The lowest BCUT2D eigenvalue weighted by atomic mass is 10.0. The van der Waals surface area contributed by atoms with Gasteiger partial charge in [-0.25, -0.2) is 0 Å². The molecule has 1 heterocycles. The number of nitrogens with one attached hydrogen (secondary N) is 1. The monoisotopic (exact) mass is 421 g/mol. The summed E-state index contributed by atoms with van der Waals surface area (Å²) in [5.41, 5.74) is 1.89. The second-order valence-electron chi connectivity index (χ2n) is 7.57. The number of methoxy groups -OCH3 is 1. The van der Waals surface area contributed by atoms with Crippen molar-refractivity contribution in [3.8, 4) is 23.0 Å². The number of amides is 1. The molecule has 1 aliphatic heterocycles. The normalized spacial score (nSPS) is 15.9. The van der Waals surface area contributed by atoms with E-state index >= 15 is 0 Å². The summed E-state index contributed by atoms with van der Waals surface area (Å²) in [7, 11) is 1.59. The fourth-order valence-electron chi connectivity index (χ4n) is 3.59. The highest BCUT2D eigenvalue weighted by Crippen LogP contribution is 2.43. The molecular weight excluding hydrogens is 394 g/mol. The Morgan fingerprint density at radius 3 is 2.71 bits per heavy atom. The van der Waals surface area contributed by atoms with Crippen LogP contribution in [-0.2, 0) is 4.79 Å². The lowest BCUT2D eigenvalue weighted by Crippen LogP contribution is -2.28. The van der Waals surface area contributed by atoms with Gasteiger partial charge in [-0.2, -0.15) is 0 Å². The van der Waals surface area contributed by atoms with Crippen LogP contribution in [0.15, 0.2) is 55.1 Å². The third kappa shape index (κ3) is 5.20. The third-order valence-corrected chi connectivity index (χ3v) is 5.29. The van der Waals surface area contributed by atoms with Crippen molar-refractivity contribution in [1.29, 1.82) is 0 Å². The molecule has 0 unspecified atom stereocenters. The van der Waals surface area contributed by atoms with Gasteiger partial charge in [0, 0.05) is 6.08 Å². The van der Waals surface area contributed by atoms with E-state index < -0.39 is 0 Å². The molecule has 31 heavy (non-hydrogen) atoms. The summed E-state index contributed by atoms with van der Waals surface area (Å²) in [5.74, 6) is 3.04. The van der Waals surface area contributed by atoms with Crippen LogP contribution >= 0.6 is 0 Å². The summed E-state index contributed by atoms with van der Waals surface area (Å²) in [6, 6.07) is 11.4. The Morgan fingerprint density at radius 2 is 1.97 bits per heavy atom. The van der Waals surface area contributed by atoms with Crippen LogP contribution in [0.1, 0.15) is 30.0 Å². The van der Waals surface area contributed by atoms with Gasteiger partial charge >= 0.3 is 0 Å². The number of hydrogen-bond donors (Lipinski definition) is 1. The highest BCUT2D eigenvalue weighted by atomic mass is 16.6. The van der Waals surface area contributed by atoms with Gasteiger partial charge in [-0.1, -0.05) is 24.8 Å². The van der Waals surface area contributed by atoms with Crippen molar-refractivity contribution in [2.45, 2.75) is 18.9 Å². The predicted octanol–water partition coefficient (Wildman–Crippen LogP) is 4.31. The quantitative estimate of drug-likeness (QED) is 0.483. The van der Waals surface area contributed by atoms with E-state index in [0.717, 1.165) is 35.5 Å². The molecule has 0 radical (unpaired) electrons. The maximum absolute atomic E-state index is 12.7. The van der Waals surface area contributed by atoms with Gasteiger partial charge in [0.1, 0.15) is 19.8 Å². The smallest absolute Gasteiger partial charge is 0.244 e. The van der Waals surface area contributed by atoms with Crippen LogP contribution in [-0.4, -0.2) is 32.8 Å². The van der Waals surface area contributed by atoms with Crippen LogP contribution in [0, 0.1) is 5.92 Å². The molecule has 0 saturated heterocycles. The molecule has 2 aromatic carbocycles. The second-order valence-corrected chi connectivity index (χ2v) is 7.57. The van der Waals surface area contributed by atoms with Gasteiger partial charge in [-0.15, -0.1) is 0 Å². The van der Waals surface area contributed by atoms with E-state index in [-0.39, 0.29) is 11.9 Å². The molecule has 2 aliphatic rings. The van der Waals surface area contributed by atoms with Crippen molar-refractivity contribution in [3.63, 3.8) is 0 Å². The Balaban J connectivity index is 1.44. The zero-order valence-corrected chi connectivity index (χ0v) is 17.6. The van der Waals surface area contributed by atoms with E-state index in [2.05, 4.69) is 11.9 Å². The van der Waals surface area contributed by atoms with Crippen molar-refractivity contribution >= 4 is 12.0 Å². The first-order valence-electron chi connectivity index (χ1n) is 10.5. The summed E-state index contributed by atoms with van der Waals surface area (Å²) in [6.07, 6.45) is 7.20. The zero-order chi connectivity index (χ0) is 21.6. The van der Waals surface area contributed by atoms with Gasteiger partial charge in [-0.3, -0.25) is 4.79 Å². The van der Waals surface area contributed by atoms with Crippen molar-refractivity contribution in [3.05, 3.63) is 66.3 Å². The molecule has 6 nitrogen and oxygen atoms in total. The number of rotatable bonds is 9. The van der Waals surface area contributed by atoms with E-state index in [1.54, 1.807) is 25.3 Å². The third-order valence-electron chi connectivity index (χ3n) is 5.29. The van der Waals surface area contributed by atoms with E-state index in [0.29, 0.717) is 37.2 Å². The average molecular weight is 421 g/mol. The molecule has 4 rings (SSSR count). The summed E-state index contributed by atoms with van der Waals surface area (Å²) < 4.78 is 22.3. The summed E-state index contributed by atoms with van der Waals surface area (Å²) >= 11 is 0. The second kappa shape index (κ2) is 9.60. The van der Waals surface area contributed by atoms with E-state index in [9.17, 15) is 4.79 Å². The highest BCUT2D eigenvalue weighted by molar-refractivity contribution is 5.92. The van der Waals surface area contributed by atoms with Gasteiger partial charge in [0.05, 0.1) is 13.2 Å².